The highest BCUT2D eigenvalue weighted by molar-refractivity contribution is 7.98. The molecule has 4 unspecified atom stereocenters. The van der Waals surface area contributed by atoms with Crippen molar-refractivity contribution in [3.8, 4) is 0 Å². The minimum absolute atomic E-state index is 0.0719. The Morgan fingerprint density at radius 3 is 1.85 bits per heavy atom. The fraction of sp³-hybridized carbons (Fsp3) is 0.700. The molecule has 0 aromatic carbocycles. The Labute approximate surface area is 202 Å². The number of amides is 4. The third-order valence-corrected chi connectivity index (χ3v) is 5.26. The molecule has 14 heteroatoms. The van der Waals surface area contributed by atoms with Gasteiger partial charge in [-0.3, -0.25) is 24.0 Å². The number of carbonyl (C=O) groups is 6. The van der Waals surface area contributed by atoms with Crippen LogP contribution in [0.3, 0.4) is 0 Å². The summed E-state index contributed by atoms with van der Waals surface area (Å²) in [5.41, 5.74) is 10.9. The number of carbonyl (C=O) groups excluding carboxylic acids is 4. The van der Waals surface area contributed by atoms with Gasteiger partial charge in [0.25, 0.3) is 0 Å². The number of rotatable bonds is 17. The van der Waals surface area contributed by atoms with E-state index in [4.69, 9.17) is 16.6 Å². The maximum atomic E-state index is 12.8. The molecule has 0 heterocycles. The molecule has 194 valence electrons. The first-order valence-electron chi connectivity index (χ1n) is 10.7. The number of nitrogens with one attached hydrogen (secondary N) is 3. The predicted octanol–water partition coefficient (Wildman–Crippen LogP) is -1.61. The second-order valence-electron chi connectivity index (χ2n) is 8.14. The first-order chi connectivity index (χ1) is 15.8. The molecule has 0 aliphatic heterocycles. The van der Waals surface area contributed by atoms with E-state index >= 15 is 0 Å². The van der Waals surface area contributed by atoms with Crippen molar-refractivity contribution in [2.45, 2.75) is 70.1 Å². The van der Waals surface area contributed by atoms with Crippen molar-refractivity contribution in [2.75, 3.05) is 12.0 Å². The topological polar surface area (TPSA) is 231 Å². The number of carboxylic acids is 2. The van der Waals surface area contributed by atoms with Crippen LogP contribution in [0.2, 0.25) is 0 Å². The monoisotopic (exact) mass is 505 g/mol. The first-order valence-corrected chi connectivity index (χ1v) is 12.1. The summed E-state index contributed by atoms with van der Waals surface area (Å²) in [4.78, 5) is 71.6. The van der Waals surface area contributed by atoms with E-state index in [0.717, 1.165) is 0 Å². The van der Waals surface area contributed by atoms with Crippen molar-refractivity contribution in [3.05, 3.63) is 0 Å². The van der Waals surface area contributed by atoms with Crippen molar-refractivity contribution < 1.29 is 39.0 Å². The van der Waals surface area contributed by atoms with Gasteiger partial charge in [0.05, 0.1) is 12.5 Å². The van der Waals surface area contributed by atoms with Crippen molar-refractivity contribution >= 4 is 47.3 Å². The largest absolute Gasteiger partial charge is 0.481 e. The van der Waals surface area contributed by atoms with E-state index in [1.54, 1.807) is 6.26 Å². The molecule has 0 aliphatic rings. The third kappa shape index (κ3) is 13.0. The summed E-state index contributed by atoms with van der Waals surface area (Å²) < 4.78 is 0. The van der Waals surface area contributed by atoms with E-state index in [1.165, 1.54) is 11.8 Å². The molecule has 4 amide bonds. The minimum Gasteiger partial charge on any atom is -0.481 e. The van der Waals surface area contributed by atoms with E-state index in [1.807, 2.05) is 13.8 Å². The van der Waals surface area contributed by atoms with Crippen molar-refractivity contribution in [3.63, 3.8) is 0 Å². The summed E-state index contributed by atoms with van der Waals surface area (Å²) in [5.74, 6) is -5.55. The molecule has 34 heavy (non-hydrogen) atoms. The van der Waals surface area contributed by atoms with Gasteiger partial charge in [0, 0.05) is 6.42 Å². The molecule has 4 atom stereocenters. The lowest BCUT2D eigenvalue weighted by atomic mass is 10.0. The van der Waals surface area contributed by atoms with Crippen LogP contribution in [0.4, 0.5) is 0 Å². The number of hydrogen-bond donors (Lipinski definition) is 7. The Morgan fingerprint density at radius 2 is 1.38 bits per heavy atom. The second-order valence-corrected chi connectivity index (χ2v) is 9.13. The number of primary amides is 1. The van der Waals surface area contributed by atoms with Crippen LogP contribution in [0.1, 0.15) is 46.0 Å². The first kappa shape index (κ1) is 31.1. The maximum Gasteiger partial charge on any atom is 0.326 e. The van der Waals surface area contributed by atoms with Crippen molar-refractivity contribution in [2.24, 2.45) is 17.4 Å². The number of hydrogen-bond acceptors (Lipinski definition) is 8. The molecule has 0 radical (unpaired) electrons. The smallest absolute Gasteiger partial charge is 0.326 e. The molecule has 0 bridgehead atoms. The number of aliphatic carboxylic acids is 2. The zero-order valence-corrected chi connectivity index (χ0v) is 20.4. The molecular weight excluding hydrogens is 470 g/mol. The lowest BCUT2D eigenvalue weighted by Crippen LogP contribution is -2.57. The SMILES string of the molecule is CSCCC(NC(=O)C(CCC(N)=O)NC(=O)C(CC(=O)O)NC(=O)C(N)CC(C)C)C(=O)O. The fourth-order valence-corrected chi connectivity index (χ4v) is 3.34. The van der Waals surface area contributed by atoms with Gasteiger partial charge in [-0.25, -0.2) is 4.79 Å². The number of carboxylic acid groups (broad SMARTS) is 2. The Bertz CT molecular complexity index is 748. The summed E-state index contributed by atoms with van der Waals surface area (Å²) >= 11 is 1.38. The van der Waals surface area contributed by atoms with Crippen LogP contribution >= 0.6 is 11.8 Å². The third-order valence-electron chi connectivity index (χ3n) is 4.61. The molecular formula is C20H35N5O8S. The molecule has 0 aromatic heterocycles. The zero-order chi connectivity index (χ0) is 26.4. The van der Waals surface area contributed by atoms with Gasteiger partial charge >= 0.3 is 11.9 Å². The standard InChI is InChI=1S/C20H35N5O8S/c1-10(2)8-11(21)17(29)25-14(9-16(27)28)19(31)23-12(4-5-15(22)26)18(30)24-13(20(32)33)6-7-34-3/h10-14H,4-9,21H2,1-3H3,(H2,22,26)(H,23,31)(H,24,30)(H,25,29)(H,27,28)(H,32,33). The minimum atomic E-state index is -1.56. The van der Waals surface area contributed by atoms with Gasteiger partial charge in [-0.1, -0.05) is 13.8 Å². The normalized spacial score (nSPS) is 14.4. The van der Waals surface area contributed by atoms with E-state index in [9.17, 15) is 33.9 Å². The van der Waals surface area contributed by atoms with Crippen LogP contribution in [-0.4, -0.2) is 82.0 Å². The summed E-state index contributed by atoms with van der Waals surface area (Å²) in [6.07, 6.45) is 0.814. The Hall–Kier alpha value is -2.87. The average molecular weight is 506 g/mol. The average Bonchev–Trinajstić information content (AvgIpc) is 2.71. The van der Waals surface area contributed by atoms with E-state index in [0.29, 0.717) is 12.2 Å². The molecule has 0 aliphatic carbocycles. The van der Waals surface area contributed by atoms with Gasteiger partial charge in [-0.2, -0.15) is 11.8 Å². The molecule has 0 saturated heterocycles. The molecule has 0 fully saturated rings. The molecule has 0 saturated carbocycles. The number of nitrogens with two attached hydrogens (primary N) is 2. The highest BCUT2D eigenvalue weighted by Crippen LogP contribution is 2.06. The van der Waals surface area contributed by atoms with E-state index < -0.39 is 66.2 Å². The van der Waals surface area contributed by atoms with Crippen molar-refractivity contribution in [1.29, 1.82) is 0 Å². The van der Waals surface area contributed by atoms with Crippen LogP contribution in [0.5, 0.6) is 0 Å². The Kier molecular flexibility index (Phi) is 14.5. The molecule has 0 aromatic rings. The molecule has 0 rings (SSSR count). The second kappa shape index (κ2) is 15.9. The van der Waals surface area contributed by atoms with Gasteiger partial charge in [0.1, 0.15) is 18.1 Å². The molecule has 9 N–H and O–H groups in total. The lowest BCUT2D eigenvalue weighted by Gasteiger charge is -2.24. The summed E-state index contributed by atoms with van der Waals surface area (Å²) in [7, 11) is 0. The lowest BCUT2D eigenvalue weighted by molar-refractivity contribution is -0.143. The van der Waals surface area contributed by atoms with Crippen LogP contribution in [0, 0.1) is 5.92 Å². The van der Waals surface area contributed by atoms with Crippen LogP contribution < -0.4 is 27.4 Å². The van der Waals surface area contributed by atoms with E-state index in [-0.39, 0.29) is 25.2 Å². The summed E-state index contributed by atoms with van der Waals surface area (Å²) in [5, 5.41) is 25.3. The predicted molar refractivity (Wildman–Crippen MR) is 125 cm³/mol. The summed E-state index contributed by atoms with van der Waals surface area (Å²) in [6, 6.07) is -5.17. The van der Waals surface area contributed by atoms with Crippen LogP contribution in [0.15, 0.2) is 0 Å². The fourth-order valence-electron chi connectivity index (χ4n) is 2.87. The number of thioether (sulfide) groups is 1. The van der Waals surface area contributed by atoms with Crippen LogP contribution in [0.25, 0.3) is 0 Å². The molecule has 0 spiro atoms. The molecule has 13 nitrogen and oxygen atoms in total. The zero-order valence-electron chi connectivity index (χ0n) is 19.5. The maximum absolute atomic E-state index is 12.8. The van der Waals surface area contributed by atoms with Gasteiger partial charge in [-0.15, -0.1) is 0 Å². The quantitative estimate of drug-likeness (QED) is 0.119. The highest BCUT2D eigenvalue weighted by Gasteiger charge is 2.31. The Balaban J connectivity index is 5.55. The van der Waals surface area contributed by atoms with E-state index in [2.05, 4.69) is 16.0 Å². The summed E-state index contributed by atoms with van der Waals surface area (Å²) in [6.45, 7) is 3.67. The highest BCUT2D eigenvalue weighted by atomic mass is 32.2. The van der Waals surface area contributed by atoms with Gasteiger partial charge < -0.3 is 37.6 Å². The van der Waals surface area contributed by atoms with Crippen molar-refractivity contribution in [1.82, 2.24) is 16.0 Å². The van der Waals surface area contributed by atoms with Gasteiger partial charge in [0.2, 0.25) is 23.6 Å². The van der Waals surface area contributed by atoms with Gasteiger partial charge in [0.15, 0.2) is 0 Å². The Morgan fingerprint density at radius 1 is 0.853 bits per heavy atom. The van der Waals surface area contributed by atoms with Gasteiger partial charge in [-0.05, 0) is 37.2 Å². The van der Waals surface area contributed by atoms with Crippen LogP contribution in [-0.2, 0) is 28.8 Å².